The molecule has 2 heterocycles. The van der Waals surface area contributed by atoms with Gasteiger partial charge in [-0.3, -0.25) is 9.78 Å². The lowest BCUT2D eigenvalue weighted by Crippen LogP contribution is -2.41. The van der Waals surface area contributed by atoms with Gasteiger partial charge in [0.15, 0.2) is 0 Å². The average Bonchev–Trinajstić information content (AvgIpc) is 3.29. The molecule has 1 saturated heterocycles. The van der Waals surface area contributed by atoms with E-state index in [4.69, 9.17) is 4.74 Å². The van der Waals surface area contributed by atoms with Crippen molar-refractivity contribution in [2.45, 2.75) is 37.7 Å². The van der Waals surface area contributed by atoms with Gasteiger partial charge in [-0.05, 0) is 61.1 Å². The molecule has 0 spiro atoms. The third-order valence-electron chi connectivity index (χ3n) is 6.06. The minimum Gasteiger partial charge on any atom is -0.494 e. The van der Waals surface area contributed by atoms with Gasteiger partial charge in [0.05, 0.1) is 11.4 Å². The maximum Gasteiger partial charge on any atom is 0.307 e. The Hall–Kier alpha value is -2.87. The molecule has 0 radical (unpaired) electrons. The molecule has 5 nitrogen and oxygen atoms in total. The van der Waals surface area contributed by atoms with Crippen molar-refractivity contribution in [1.82, 2.24) is 4.98 Å². The predicted octanol–water partition coefficient (Wildman–Crippen LogP) is 4.55. The maximum absolute atomic E-state index is 13.6. The first-order chi connectivity index (χ1) is 15.0. The summed E-state index contributed by atoms with van der Waals surface area (Å²) in [5.41, 5.74) is 2.80. The van der Waals surface area contributed by atoms with E-state index in [2.05, 4.69) is 4.98 Å². The summed E-state index contributed by atoms with van der Waals surface area (Å²) in [6, 6.07) is 9.55. The number of piperidine rings is 1. The van der Waals surface area contributed by atoms with E-state index >= 15 is 0 Å². The molecule has 1 aromatic heterocycles. The van der Waals surface area contributed by atoms with Crippen molar-refractivity contribution >= 4 is 17.0 Å². The van der Waals surface area contributed by atoms with Crippen molar-refractivity contribution in [1.29, 1.82) is 0 Å². The summed E-state index contributed by atoms with van der Waals surface area (Å²) in [5, 5.41) is 10.0. The first-order valence-electron chi connectivity index (χ1n) is 10.4. The summed E-state index contributed by atoms with van der Waals surface area (Å²) in [6.07, 6.45) is 3.36. The molecule has 2 N–H and O–H groups in total. The van der Waals surface area contributed by atoms with Crippen molar-refractivity contribution in [3.8, 4) is 11.6 Å². The third-order valence-corrected chi connectivity index (χ3v) is 7.04. The number of aromatic amines is 1. The van der Waals surface area contributed by atoms with Gasteiger partial charge < -0.3 is 14.7 Å². The van der Waals surface area contributed by atoms with Crippen LogP contribution in [-0.2, 0) is 6.42 Å². The number of fused-ring (bicyclic) bond motifs is 1. The summed E-state index contributed by atoms with van der Waals surface area (Å²) in [6.45, 7) is 1.30. The molecule has 8 heteroatoms. The maximum atomic E-state index is 13.6. The molecule has 0 amide bonds. The smallest absolute Gasteiger partial charge is 0.307 e. The molecular weight excluding hydrogens is 422 g/mol. The number of rotatable bonds is 4. The van der Waals surface area contributed by atoms with E-state index in [0.717, 1.165) is 66.5 Å². The van der Waals surface area contributed by atoms with E-state index in [-0.39, 0.29) is 22.8 Å². The molecule has 3 aromatic rings. The Bertz CT molecular complexity index is 1160. The standard InChI is InChI=1S/C23H22F2N2O3S/c24-14-9-15(25)11-16(10-14)27-7-1-2-18(12-27)30-17-4-6-19-13(8-17)3-5-20(19)21-22(28)26-23(29)31-21/h4,6,8-11,18,20,28H,1-3,5,7,12H2,(H,26,29). The number of ether oxygens (including phenoxy) is 1. The lowest BCUT2D eigenvalue weighted by Gasteiger charge is -2.34. The summed E-state index contributed by atoms with van der Waals surface area (Å²) in [5.74, 6) is -0.414. The fourth-order valence-corrected chi connectivity index (χ4v) is 5.57. The summed E-state index contributed by atoms with van der Waals surface area (Å²) in [7, 11) is 0. The molecule has 2 unspecified atom stereocenters. The van der Waals surface area contributed by atoms with Gasteiger partial charge in [-0.25, -0.2) is 8.78 Å². The van der Waals surface area contributed by atoms with Crippen molar-refractivity contribution in [2.24, 2.45) is 0 Å². The van der Waals surface area contributed by atoms with Gasteiger partial charge in [-0.15, -0.1) is 0 Å². The highest BCUT2D eigenvalue weighted by atomic mass is 32.1. The molecule has 5 rings (SSSR count). The third kappa shape index (κ3) is 4.04. The van der Waals surface area contributed by atoms with Gasteiger partial charge >= 0.3 is 4.87 Å². The number of hydrogen-bond donors (Lipinski definition) is 2. The first kappa shape index (κ1) is 20.1. The molecular formula is C23H22F2N2O3S. The highest BCUT2D eigenvalue weighted by molar-refractivity contribution is 7.09. The average molecular weight is 445 g/mol. The molecule has 1 fully saturated rings. The Morgan fingerprint density at radius 1 is 1.13 bits per heavy atom. The summed E-state index contributed by atoms with van der Waals surface area (Å²) < 4.78 is 33.4. The second-order valence-electron chi connectivity index (χ2n) is 8.14. The van der Waals surface area contributed by atoms with E-state index in [9.17, 15) is 18.7 Å². The van der Waals surface area contributed by atoms with E-state index < -0.39 is 11.6 Å². The van der Waals surface area contributed by atoms with Gasteiger partial charge in [0, 0.05) is 24.2 Å². The molecule has 1 aliphatic carbocycles. The molecule has 0 bridgehead atoms. The normalized spacial score (nSPS) is 20.6. The summed E-state index contributed by atoms with van der Waals surface area (Å²) in [4.78, 5) is 16.4. The van der Waals surface area contributed by atoms with Crippen LogP contribution in [0.2, 0.25) is 0 Å². The van der Waals surface area contributed by atoms with Gasteiger partial charge in [0.2, 0.25) is 5.88 Å². The highest BCUT2D eigenvalue weighted by Crippen LogP contribution is 2.43. The number of anilines is 1. The van der Waals surface area contributed by atoms with Crippen LogP contribution >= 0.6 is 11.3 Å². The molecule has 162 valence electrons. The Labute approximate surface area is 181 Å². The Morgan fingerprint density at radius 2 is 1.94 bits per heavy atom. The number of aromatic hydroxyl groups is 1. The van der Waals surface area contributed by atoms with Crippen LogP contribution in [0, 0.1) is 11.6 Å². The van der Waals surface area contributed by atoms with Crippen molar-refractivity contribution in [2.75, 3.05) is 18.0 Å². The van der Waals surface area contributed by atoms with Gasteiger partial charge in [0.25, 0.3) is 0 Å². The van der Waals surface area contributed by atoms with Crippen molar-refractivity contribution in [3.05, 3.63) is 73.7 Å². The minimum atomic E-state index is -0.579. The number of H-pyrrole nitrogens is 1. The van der Waals surface area contributed by atoms with Gasteiger partial charge in [-0.1, -0.05) is 17.4 Å². The topological polar surface area (TPSA) is 65.6 Å². The number of aromatic nitrogens is 1. The number of halogens is 2. The number of thiazole rings is 1. The zero-order valence-corrected chi connectivity index (χ0v) is 17.6. The van der Waals surface area contributed by atoms with E-state index in [1.807, 2.05) is 23.1 Å². The Morgan fingerprint density at radius 3 is 2.68 bits per heavy atom. The van der Waals surface area contributed by atoms with Crippen molar-refractivity contribution < 1.29 is 18.6 Å². The van der Waals surface area contributed by atoms with Crippen LogP contribution in [0.4, 0.5) is 14.5 Å². The first-order valence-corrected chi connectivity index (χ1v) is 11.2. The Balaban J connectivity index is 1.31. The number of benzene rings is 2. The molecule has 1 aliphatic heterocycles. The molecule has 0 saturated carbocycles. The SMILES string of the molecule is O=c1[nH]c(O)c(C2CCc3cc(OC4CCCN(c5cc(F)cc(F)c5)C4)ccc32)s1. The quantitative estimate of drug-likeness (QED) is 0.620. The predicted molar refractivity (Wildman–Crippen MR) is 115 cm³/mol. The summed E-state index contributed by atoms with van der Waals surface area (Å²) >= 11 is 1.06. The molecule has 31 heavy (non-hydrogen) atoms. The van der Waals surface area contributed by atoms with Crippen LogP contribution in [0.1, 0.15) is 41.2 Å². The molecule has 2 aromatic carbocycles. The van der Waals surface area contributed by atoms with E-state index in [1.165, 1.54) is 12.1 Å². The van der Waals surface area contributed by atoms with Crippen LogP contribution in [-0.4, -0.2) is 29.3 Å². The molecule has 2 atom stereocenters. The van der Waals surface area contributed by atoms with Crippen LogP contribution in [0.5, 0.6) is 11.6 Å². The van der Waals surface area contributed by atoms with Gasteiger partial charge in [0.1, 0.15) is 23.5 Å². The highest BCUT2D eigenvalue weighted by Gasteiger charge is 2.29. The van der Waals surface area contributed by atoms with Crippen molar-refractivity contribution in [3.63, 3.8) is 0 Å². The zero-order valence-electron chi connectivity index (χ0n) is 16.7. The van der Waals surface area contributed by atoms with Crippen LogP contribution in [0.3, 0.4) is 0 Å². The second-order valence-corrected chi connectivity index (χ2v) is 9.15. The van der Waals surface area contributed by atoms with Crippen LogP contribution in [0.25, 0.3) is 0 Å². The Kier molecular flexibility index (Phi) is 5.17. The fourth-order valence-electron chi connectivity index (χ4n) is 4.69. The number of aryl methyl sites for hydroxylation is 1. The van der Waals surface area contributed by atoms with E-state index in [1.54, 1.807) is 0 Å². The largest absolute Gasteiger partial charge is 0.494 e. The fraction of sp³-hybridized carbons (Fsp3) is 0.348. The second kappa shape index (κ2) is 8.00. The lowest BCUT2D eigenvalue weighted by atomic mass is 10.00. The lowest BCUT2D eigenvalue weighted by molar-refractivity contribution is 0.179. The number of nitrogens with zero attached hydrogens (tertiary/aromatic N) is 1. The van der Waals surface area contributed by atoms with E-state index in [0.29, 0.717) is 17.1 Å². The minimum absolute atomic E-state index is 0.0149. The molecule has 2 aliphatic rings. The number of hydrogen-bond acceptors (Lipinski definition) is 5. The monoisotopic (exact) mass is 444 g/mol. The van der Waals surface area contributed by atoms with Crippen LogP contribution in [0.15, 0.2) is 41.2 Å². The van der Waals surface area contributed by atoms with Gasteiger partial charge in [-0.2, -0.15) is 0 Å². The number of nitrogens with one attached hydrogen (secondary N) is 1. The zero-order chi connectivity index (χ0) is 21.5. The van der Waals surface area contributed by atoms with Crippen LogP contribution < -0.4 is 14.5 Å².